The Hall–Kier alpha value is -0.570. The van der Waals surface area contributed by atoms with Crippen molar-refractivity contribution >= 4 is 5.91 Å². The number of rotatable bonds is 7. The van der Waals surface area contributed by atoms with Gasteiger partial charge in [-0.05, 0) is 39.0 Å². The maximum absolute atomic E-state index is 11.9. The minimum atomic E-state index is -0.313. The Morgan fingerprint density at radius 1 is 1.41 bits per heavy atom. The molecular weight excluding hydrogens is 214 g/mol. The van der Waals surface area contributed by atoms with Crippen LogP contribution < -0.4 is 5.32 Å². The van der Waals surface area contributed by atoms with Crippen LogP contribution in [0, 0.1) is 5.92 Å². The smallest absolute Gasteiger partial charge is 0.249 e. The van der Waals surface area contributed by atoms with Crippen molar-refractivity contribution in [2.24, 2.45) is 5.92 Å². The van der Waals surface area contributed by atoms with Crippen LogP contribution in [0.2, 0.25) is 0 Å². The Morgan fingerprint density at radius 2 is 2.18 bits per heavy atom. The summed E-state index contributed by atoms with van der Waals surface area (Å²) in [6.45, 7) is 6.57. The van der Waals surface area contributed by atoms with Gasteiger partial charge in [0, 0.05) is 12.6 Å². The standard InChI is InChI=1S/C14H27NO2/c1-4-6-8-12-9-7-10-13(12)15-14(16)11(3)17-5-2/h11-13H,4-10H2,1-3H3,(H,15,16). The first kappa shape index (κ1) is 14.5. The number of unbranched alkanes of at least 4 members (excludes halogenated alkanes) is 1. The van der Waals surface area contributed by atoms with Gasteiger partial charge in [0.05, 0.1) is 0 Å². The van der Waals surface area contributed by atoms with Gasteiger partial charge in [0.2, 0.25) is 5.91 Å². The molecule has 0 aliphatic heterocycles. The van der Waals surface area contributed by atoms with Gasteiger partial charge in [-0.2, -0.15) is 0 Å². The van der Waals surface area contributed by atoms with Crippen LogP contribution in [0.15, 0.2) is 0 Å². The Labute approximate surface area is 105 Å². The molecule has 0 aromatic carbocycles. The summed E-state index contributed by atoms with van der Waals surface area (Å²) in [6.07, 6.45) is 7.12. The second-order valence-electron chi connectivity index (χ2n) is 5.05. The molecule has 1 saturated carbocycles. The Bertz CT molecular complexity index is 230. The first-order valence-corrected chi connectivity index (χ1v) is 7.11. The molecule has 3 nitrogen and oxygen atoms in total. The molecule has 1 rings (SSSR count). The van der Waals surface area contributed by atoms with E-state index in [0.717, 1.165) is 6.42 Å². The highest BCUT2D eigenvalue weighted by atomic mass is 16.5. The van der Waals surface area contributed by atoms with E-state index in [1.807, 2.05) is 13.8 Å². The van der Waals surface area contributed by atoms with E-state index in [1.54, 1.807) is 0 Å². The summed E-state index contributed by atoms with van der Waals surface area (Å²) >= 11 is 0. The predicted molar refractivity (Wildman–Crippen MR) is 69.9 cm³/mol. The second-order valence-corrected chi connectivity index (χ2v) is 5.05. The first-order chi connectivity index (χ1) is 8.19. The lowest BCUT2D eigenvalue weighted by Crippen LogP contribution is -2.43. The first-order valence-electron chi connectivity index (χ1n) is 7.11. The lowest BCUT2D eigenvalue weighted by molar-refractivity contribution is -0.132. The average molecular weight is 241 g/mol. The van der Waals surface area contributed by atoms with Gasteiger partial charge in [-0.25, -0.2) is 0 Å². The molecule has 0 heterocycles. The molecule has 17 heavy (non-hydrogen) atoms. The second kappa shape index (κ2) is 7.70. The molecular formula is C14H27NO2. The zero-order chi connectivity index (χ0) is 12.7. The van der Waals surface area contributed by atoms with E-state index >= 15 is 0 Å². The summed E-state index contributed by atoms with van der Waals surface area (Å²) in [7, 11) is 0. The maximum Gasteiger partial charge on any atom is 0.249 e. The number of nitrogens with one attached hydrogen (secondary N) is 1. The van der Waals surface area contributed by atoms with Crippen LogP contribution in [0.1, 0.15) is 59.3 Å². The molecule has 0 saturated heterocycles. The van der Waals surface area contributed by atoms with Gasteiger partial charge in [0.25, 0.3) is 0 Å². The van der Waals surface area contributed by atoms with Crippen molar-refractivity contribution in [1.29, 1.82) is 0 Å². The maximum atomic E-state index is 11.9. The fourth-order valence-corrected chi connectivity index (χ4v) is 2.66. The Morgan fingerprint density at radius 3 is 2.82 bits per heavy atom. The van der Waals surface area contributed by atoms with E-state index in [2.05, 4.69) is 12.2 Å². The molecule has 0 radical (unpaired) electrons. The highest BCUT2D eigenvalue weighted by molar-refractivity contribution is 5.80. The molecule has 0 aromatic heterocycles. The van der Waals surface area contributed by atoms with Crippen LogP contribution in [0.25, 0.3) is 0 Å². The largest absolute Gasteiger partial charge is 0.369 e. The van der Waals surface area contributed by atoms with E-state index in [9.17, 15) is 4.79 Å². The van der Waals surface area contributed by atoms with Crippen molar-refractivity contribution in [3.05, 3.63) is 0 Å². The van der Waals surface area contributed by atoms with Crippen LogP contribution in [0.4, 0.5) is 0 Å². The Kier molecular flexibility index (Phi) is 6.56. The van der Waals surface area contributed by atoms with Gasteiger partial charge in [0.15, 0.2) is 0 Å². The fourth-order valence-electron chi connectivity index (χ4n) is 2.66. The fraction of sp³-hybridized carbons (Fsp3) is 0.929. The van der Waals surface area contributed by atoms with Crippen molar-refractivity contribution in [3.8, 4) is 0 Å². The van der Waals surface area contributed by atoms with Gasteiger partial charge in [-0.15, -0.1) is 0 Å². The van der Waals surface area contributed by atoms with Gasteiger partial charge in [0.1, 0.15) is 6.10 Å². The highest BCUT2D eigenvalue weighted by Gasteiger charge is 2.29. The van der Waals surface area contributed by atoms with Crippen molar-refractivity contribution in [2.45, 2.75) is 71.4 Å². The third-order valence-electron chi connectivity index (χ3n) is 3.70. The van der Waals surface area contributed by atoms with Crippen molar-refractivity contribution in [2.75, 3.05) is 6.61 Å². The summed E-state index contributed by atoms with van der Waals surface area (Å²) in [5.41, 5.74) is 0. The summed E-state index contributed by atoms with van der Waals surface area (Å²) in [5.74, 6) is 0.743. The third kappa shape index (κ3) is 4.66. The van der Waals surface area contributed by atoms with Gasteiger partial charge < -0.3 is 10.1 Å². The molecule has 1 aliphatic rings. The molecule has 0 bridgehead atoms. The number of carbonyl (C=O) groups is 1. The molecule has 0 spiro atoms. The van der Waals surface area contributed by atoms with E-state index in [4.69, 9.17) is 4.74 Å². The molecule has 0 aromatic rings. The summed E-state index contributed by atoms with van der Waals surface area (Å²) in [6, 6.07) is 0.386. The Balaban J connectivity index is 2.35. The summed E-state index contributed by atoms with van der Waals surface area (Å²) < 4.78 is 5.32. The summed E-state index contributed by atoms with van der Waals surface area (Å²) in [4.78, 5) is 11.9. The molecule has 1 aliphatic carbocycles. The van der Waals surface area contributed by atoms with Crippen LogP contribution in [0.3, 0.4) is 0 Å². The third-order valence-corrected chi connectivity index (χ3v) is 3.70. The highest BCUT2D eigenvalue weighted by Crippen LogP contribution is 2.29. The molecule has 1 fully saturated rings. The molecule has 3 unspecified atom stereocenters. The van der Waals surface area contributed by atoms with Crippen LogP contribution >= 0.6 is 0 Å². The van der Waals surface area contributed by atoms with E-state index in [1.165, 1.54) is 32.1 Å². The zero-order valence-electron chi connectivity index (χ0n) is 11.5. The quantitative estimate of drug-likeness (QED) is 0.744. The van der Waals surface area contributed by atoms with Crippen LogP contribution in [0.5, 0.6) is 0 Å². The molecule has 1 N–H and O–H groups in total. The van der Waals surface area contributed by atoms with Gasteiger partial charge in [-0.1, -0.05) is 26.2 Å². The minimum Gasteiger partial charge on any atom is -0.369 e. The molecule has 3 heteroatoms. The number of ether oxygens (including phenoxy) is 1. The monoisotopic (exact) mass is 241 g/mol. The van der Waals surface area contributed by atoms with E-state index < -0.39 is 0 Å². The number of hydrogen-bond donors (Lipinski definition) is 1. The average Bonchev–Trinajstić information content (AvgIpc) is 2.74. The number of amides is 1. The van der Waals surface area contributed by atoms with Crippen molar-refractivity contribution < 1.29 is 9.53 Å². The normalized spacial score (nSPS) is 25.8. The predicted octanol–water partition coefficient (Wildman–Crippen LogP) is 2.89. The summed E-state index contributed by atoms with van der Waals surface area (Å²) in [5, 5.41) is 3.16. The SMILES string of the molecule is CCCCC1CCCC1NC(=O)C(C)OCC. The number of carbonyl (C=O) groups excluding carboxylic acids is 1. The van der Waals surface area contributed by atoms with Crippen molar-refractivity contribution in [1.82, 2.24) is 5.32 Å². The molecule has 1 amide bonds. The van der Waals surface area contributed by atoms with Crippen molar-refractivity contribution in [3.63, 3.8) is 0 Å². The van der Waals surface area contributed by atoms with Crippen LogP contribution in [-0.2, 0) is 9.53 Å². The van der Waals surface area contributed by atoms with E-state index in [-0.39, 0.29) is 12.0 Å². The van der Waals surface area contributed by atoms with Gasteiger partial charge in [-0.3, -0.25) is 4.79 Å². The molecule has 3 atom stereocenters. The van der Waals surface area contributed by atoms with E-state index in [0.29, 0.717) is 18.6 Å². The van der Waals surface area contributed by atoms with Gasteiger partial charge >= 0.3 is 0 Å². The van der Waals surface area contributed by atoms with Crippen LogP contribution in [-0.4, -0.2) is 24.7 Å². The minimum absolute atomic E-state index is 0.0558. The lowest BCUT2D eigenvalue weighted by Gasteiger charge is -2.22. The number of hydrogen-bond acceptors (Lipinski definition) is 2. The zero-order valence-corrected chi connectivity index (χ0v) is 11.5. The topological polar surface area (TPSA) is 38.3 Å². The molecule has 100 valence electrons. The lowest BCUT2D eigenvalue weighted by atomic mass is 9.96.